The number of carboxylic acids is 3. The summed E-state index contributed by atoms with van der Waals surface area (Å²) in [6, 6.07) is 135. The van der Waals surface area contributed by atoms with Gasteiger partial charge in [0.2, 0.25) is 0 Å². The number of benzene rings is 20. The van der Waals surface area contributed by atoms with Crippen LogP contribution in [0, 0.1) is 0 Å². The molecule has 0 amide bonds. The Morgan fingerprint density at radius 3 is 1.13 bits per heavy atom. The molecule has 36 rings (SSSR count). The molecular formula is C130H69N12O8+3. The van der Waals surface area contributed by atoms with E-state index >= 15 is 0 Å². The van der Waals surface area contributed by atoms with Crippen LogP contribution in [0.2, 0.25) is 0 Å². The minimum Gasteiger partial charge on any atom is -0.478 e. The number of aliphatic imine (C=N–C) groups is 3. The molecule has 3 unspecified atom stereocenters. The molecule has 3 atom stereocenters. The van der Waals surface area contributed by atoms with Crippen LogP contribution in [0.3, 0.4) is 0 Å². The molecule has 16 heterocycles. The van der Waals surface area contributed by atoms with Gasteiger partial charge in [-0.2, -0.15) is 4.58 Å². The van der Waals surface area contributed by atoms with Crippen LogP contribution in [0.25, 0.3) is 157 Å². The second kappa shape index (κ2) is 27.7. The van der Waals surface area contributed by atoms with Gasteiger partial charge in [0.05, 0.1) is 94.0 Å². The van der Waals surface area contributed by atoms with Crippen molar-refractivity contribution in [3.63, 3.8) is 0 Å². The lowest BCUT2D eigenvalue weighted by molar-refractivity contribution is -0.798. The summed E-state index contributed by atoms with van der Waals surface area (Å²) in [5.74, 6) is 0.551. The number of ether oxygens (including phenoxy) is 1. The number of carbonyl (C=O) groups excluding carboxylic acids is 1. The largest absolute Gasteiger partial charge is 0.478 e. The Morgan fingerprint density at radius 2 is 0.660 bits per heavy atom. The van der Waals surface area contributed by atoms with E-state index in [0.29, 0.717) is 12.2 Å². The highest BCUT2D eigenvalue weighted by Crippen LogP contribution is 2.64. The van der Waals surface area contributed by atoms with Crippen molar-refractivity contribution in [2.75, 3.05) is 0 Å². The molecule has 0 saturated heterocycles. The Labute approximate surface area is 846 Å². The lowest BCUT2D eigenvalue weighted by Crippen LogP contribution is -2.74. The number of nitrogens with zero attached hydrogens (tertiary/aromatic N) is 12. The Bertz CT molecular complexity index is 11500. The molecule has 0 fully saturated rings. The van der Waals surface area contributed by atoms with Crippen LogP contribution in [0.1, 0.15) is 110 Å². The van der Waals surface area contributed by atoms with E-state index < -0.39 is 35.8 Å². The van der Waals surface area contributed by atoms with E-state index in [2.05, 4.69) is 340 Å². The molecule has 0 aliphatic carbocycles. The summed E-state index contributed by atoms with van der Waals surface area (Å²) >= 11 is 0. The van der Waals surface area contributed by atoms with Crippen molar-refractivity contribution in [2.45, 2.75) is 17.9 Å². The van der Waals surface area contributed by atoms with Crippen LogP contribution in [0.5, 0.6) is 5.75 Å². The van der Waals surface area contributed by atoms with Gasteiger partial charge in [-0.25, -0.2) is 33.1 Å². The van der Waals surface area contributed by atoms with Gasteiger partial charge in [0, 0.05) is 54.8 Å². The first-order valence-corrected chi connectivity index (χ1v) is 50.1. The molecule has 20 aromatic carbocycles. The molecule has 2 spiro atoms. The number of carbonyl (C=O) groups is 4. The maximum Gasteiger partial charge on any atom is 0.441 e. The Hall–Kier alpha value is -20.5. The smallest absolute Gasteiger partial charge is 0.441 e. The van der Waals surface area contributed by atoms with E-state index in [9.17, 15) is 34.5 Å². The first kappa shape index (κ1) is 80.0. The van der Waals surface area contributed by atoms with Crippen molar-refractivity contribution in [1.82, 2.24) is 23.2 Å². The first-order chi connectivity index (χ1) is 73.8. The van der Waals surface area contributed by atoms with Gasteiger partial charge in [-0.05, 0) is 275 Å². The van der Waals surface area contributed by atoms with Crippen LogP contribution in [0.4, 0.5) is 17.5 Å². The molecule has 12 aliphatic rings. The van der Waals surface area contributed by atoms with Crippen molar-refractivity contribution in [2.24, 2.45) is 20.0 Å². The van der Waals surface area contributed by atoms with E-state index in [0.717, 1.165) is 303 Å². The second-order valence-corrected chi connectivity index (χ2v) is 40.7. The number of amidine groups is 4. The zero-order chi connectivity index (χ0) is 98.5. The zero-order valence-corrected chi connectivity index (χ0v) is 78.9. The summed E-state index contributed by atoms with van der Waals surface area (Å²) in [6.45, 7) is 0.465. The summed E-state index contributed by atoms with van der Waals surface area (Å²) < 4.78 is 22.8. The Morgan fingerprint density at radius 1 is 0.307 bits per heavy atom. The van der Waals surface area contributed by atoms with Gasteiger partial charge < -0.3 is 20.1 Å². The summed E-state index contributed by atoms with van der Waals surface area (Å²) in [5, 5.41) is 59.5. The van der Waals surface area contributed by atoms with Gasteiger partial charge in [-0.15, -0.1) is 9.15 Å². The van der Waals surface area contributed by atoms with E-state index in [1.807, 2.05) is 48.5 Å². The summed E-state index contributed by atoms with van der Waals surface area (Å²) in [5.41, 5.74) is 20.9. The average Bonchev–Trinajstić information content (AvgIpc) is 1.45. The van der Waals surface area contributed by atoms with Crippen LogP contribution in [-0.4, -0.2) is 111 Å². The topological polar surface area (TPSA) is 220 Å². The molecule has 20 nitrogen and oxygen atoms in total. The fourth-order valence-corrected chi connectivity index (χ4v) is 27.4. The second-order valence-electron chi connectivity index (χ2n) is 40.7. The molecule has 694 valence electrons. The van der Waals surface area contributed by atoms with Crippen LogP contribution in [-0.2, 0) is 16.6 Å². The average molecular weight is 1930 g/mol. The lowest BCUT2D eigenvalue weighted by Gasteiger charge is -2.52. The number of hydrogen-bond donors (Lipinski definition) is 3. The number of hydrogen-bond acceptors (Lipinski definition) is 10. The molecule has 4 aromatic heterocycles. The maximum absolute atomic E-state index is 12.6. The first-order valence-electron chi connectivity index (χ1n) is 50.1. The maximum atomic E-state index is 12.6. The normalized spacial score (nSPS) is 17.5. The number of carboxylic acid groups (broad SMARTS) is 3. The highest BCUT2D eigenvalue weighted by Gasteiger charge is 2.74. The summed E-state index contributed by atoms with van der Waals surface area (Å²) in [6.07, 6.45) is 0. The van der Waals surface area contributed by atoms with E-state index in [-0.39, 0.29) is 16.7 Å². The highest BCUT2D eigenvalue weighted by molar-refractivity contribution is 6.39. The van der Waals surface area contributed by atoms with E-state index in [1.54, 1.807) is 36.4 Å². The number of aromatic carboxylic acids is 3. The predicted molar refractivity (Wildman–Crippen MR) is 583 cm³/mol. The van der Waals surface area contributed by atoms with Gasteiger partial charge >= 0.3 is 47.2 Å². The molecule has 20 heteroatoms. The predicted octanol–water partition coefficient (Wildman–Crippen LogP) is 22.5. The van der Waals surface area contributed by atoms with E-state index in [4.69, 9.17) is 24.7 Å². The molecule has 12 aliphatic heterocycles. The van der Waals surface area contributed by atoms with Crippen LogP contribution in [0.15, 0.2) is 408 Å². The van der Waals surface area contributed by atoms with Crippen molar-refractivity contribution in [3.8, 4) is 5.75 Å². The monoisotopic (exact) mass is 1930 g/mol. The molecule has 150 heavy (non-hydrogen) atoms. The zero-order valence-electron chi connectivity index (χ0n) is 78.9. The number of fused-ring (bicyclic) bond motifs is 32. The highest BCUT2D eigenvalue weighted by atomic mass is 16.5. The number of aromatic nitrogens is 4. The SMILES string of the molecule is O=C(O)c1ccc(C2=c3c4cc5ccccc5cc4c4n3C35N6C(=Nc7c8cc9ccccc9cc8c(n73)N=C3c7cc8ccccc8cc7C2=[N+]35)c2cc3ccccc3cc2C6C=4c2ccc(C(=O)O)cc2)cc1.O=COc1ccc(C2=C3c4cc5ccccc5cc4C4=[N+]3C35n6c(c7cc8ccccc8cc7c62)N=C2c6cc7ccccc7cc6C(=[N+]23)C(c2ccc(C(=O)O)cc2)=c2c3cc6ccccc6cc3c(n25)=N4)cc1. The molecule has 0 bridgehead atoms. The fourth-order valence-electron chi connectivity index (χ4n) is 27.4. The Kier molecular flexibility index (Phi) is 14.8. The lowest BCUT2D eigenvalue weighted by atomic mass is 9.88. The third kappa shape index (κ3) is 9.70. The van der Waals surface area contributed by atoms with E-state index in [1.165, 1.54) is 0 Å². The molecule has 0 radical (unpaired) electrons. The van der Waals surface area contributed by atoms with Gasteiger partial charge in [0.15, 0.2) is 22.9 Å². The standard InChI is InChI=1S/C65H33N6O4.C65H34N6O4/c72-33-75-45-23-21-35(22-24-45)55-58-48-27-39-11-3-7-15-43(39)31-52(48)62-66-60-50-29-41-13-5-1-9-37(41)25-46(50)56-54(34-17-19-36(20-18-34)64(73)74)57-47-26-38-10-2-6-14-42(38)30-51(47)61-67-63-53-32-44-16-8-4-12-40(44)28-49(53)59(55)71(63)65(68(56)60,69(57)61)70(58)62;72-63(73)35-21-17-33(18-22-35)53-55-45-25-37-9-1-2-10-38(37)26-46(45)56-54(34-19-23-36(24-20-34)64(74)75)58-48-28-40-12-4-6-14-42(40)30-50(48)60-67-62-52-32-44-16-8-7-15-43(44)31-51(52)61-66-59-49-29-41-13-5-3-11-39(41)27-47(49)57(53)69(59)65(68(55)56,70(58)60)71(61)62/h1-33H;1-32,57H,(H-,72,73,74,75)/q+1;/p+2. The van der Waals surface area contributed by atoms with Gasteiger partial charge in [0.1, 0.15) is 11.6 Å². The van der Waals surface area contributed by atoms with Crippen molar-refractivity contribution >= 4 is 234 Å². The molecular weight excluding hydrogens is 1860 g/mol. The van der Waals surface area contributed by atoms with Crippen molar-refractivity contribution < 1.29 is 53.0 Å². The third-order valence-corrected chi connectivity index (χ3v) is 33.5. The quantitative estimate of drug-likeness (QED) is 0.0923. The molecule has 0 saturated carbocycles. The fraction of sp³-hybridized carbons (Fsp3) is 0.0231. The minimum absolute atomic E-state index is 0.196. The van der Waals surface area contributed by atoms with Crippen molar-refractivity contribution in [1.29, 1.82) is 0 Å². The van der Waals surface area contributed by atoms with Crippen LogP contribution < -0.4 is 26.3 Å². The van der Waals surface area contributed by atoms with Crippen LogP contribution >= 0.6 is 0 Å². The molecule has 3 N–H and O–H groups in total. The summed E-state index contributed by atoms with van der Waals surface area (Å²) in [7, 11) is 0. The third-order valence-electron chi connectivity index (χ3n) is 33.5. The summed E-state index contributed by atoms with van der Waals surface area (Å²) in [4.78, 5) is 75.9. The van der Waals surface area contributed by atoms with Gasteiger partial charge in [-0.3, -0.25) is 14.3 Å². The Balaban J connectivity index is 0.000000125. The molecule has 24 aromatic rings. The minimum atomic E-state index is -1.28. The van der Waals surface area contributed by atoms with Crippen molar-refractivity contribution in [3.05, 3.63) is 499 Å². The van der Waals surface area contributed by atoms with Gasteiger partial charge in [0.25, 0.3) is 23.6 Å². The number of rotatable bonds is 9. The van der Waals surface area contributed by atoms with Gasteiger partial charge in [-0.1, -0.05) is 243 Å².